The van der Waals surface area contributed by atoms with E-state index in [0.717, 1.165) is 39.3 Å². The van der Waals surface area contributed by atoms with Crippen LogP contribution in [0.25, 0.3) is 32.8 Å². The Balaban J connectivity index is 1.90. The van der Waals surface area contributed by atoms with E-state index in [1.54, 1.807) is 12.1 Å². The number of hydrogen-bond acceptors (Lipinski definition) is 2. The summed E-state index contributed by atoms with van der Waals surface area (Å²) < 4.78 is 40.6. The lowest BCUT2D eigenvalue weighted by Crippen LogP contribution is -2.13. The molecule has 5 rings (SSSR count). The molecule has 3 aromatic carbocycles. The number of pyridine rings is 1. The molecular weight excluding hydrogens is 378 g/mol. The Kier molecular flexibility index (Phi) is 3.49. The molecule has 0 aliphatic carbocycles. The van der Waals surface area contributed by atoms with Crippen molar-refractivity contribution < 1.29 is 10.2 Å². The van der Waals surface area contributed by atoms with Crippen LogP contribution in [0.15, 0.2) is 54.6 Å². The van der Waals surface area contributed by atoms with E-state index in [1.165, 1.54) is 0 Å². The minimum absolute atomic E-state index is 0.0521. The van der Waals surface area contributed by atoms with Crippen molar-refractivity contribution >= 4 is 21.5 Å². The molecule has 4 aromatic rings. The van der Waals surface area contributed by atoms with Gasteiger partial charge in [0.05, 0.1) is 16.6 Å². The Morgan fingerprint density at radius 2 is 1.71 bits per heavy atom. The molecule has 1 aliphatic rings. The molecule has 0 saturated carbocycles. The highest BCUT2D eigenvalue weighted by Gasteiger charge is 2.28. The first-order valence-corrected chi connectivity index (χ1v) is 10.9. The summed E-state index contributed by atoms with van der Waals surface area (Å²) >= 11 is 0. The number of ether oxygens (including phenoxy) is 1. The minimum atomic E-state index is -0.0692. The number of benzene rings is 3. The van der Waals surface area contributed by atoms with E-state index in [4.69, 9.17) is 10.2 Å². The average Bonchev–Trinajstić information content (AvgIpc) is 2.69. The zero-order valence-corrected chi connectivity index (χ0v) is 19.2. The molecule has 31 heavy (non-hydrogen) atoms. The molecule has 2 heteroatoms. The quantitative estimate of drug-likeness (QED) is 0.290. The lowest BCUT2D eigenvalue weighted by Gasteiger charge is -2.28. The maximum atomic E-state index is 8.68. The van der Waals surface area contributed by atoms with Crippen LogP contribution in [-0.4, -0.2) is 4.98 Å². The van der Waals surface area contributed by atoms with Gasteiger partial charge in [-0.15, -0.1) is 0 Å². The highest BCUT2D eigenvalue weighted by atomic mass is 16.5. The van der Waals surface area contributed by atoms with Crippen molar-refractivity contribution in [2.45, 2.75) is 54.4 Å². The molecule has 2 heterocycles. The van der Waals surface area contributed by atoms with Crippen molar-refractivity contribution in [1.29, 1.82) is 0 Å². The molecule has 0 radical (unpaired) electrons. The summed E-state index contributed by atoms with van der Waals surface area (Å²) in [5.74, 6) is 1.33. The molecule has 0 fully saturated rings. The number of hydrogen-bond donors (Lipinski definition) is 0. The van der Waals surface area contributed by atoms with Gasteiger partial charge in [0, 0.05) is 17.3 Å². The maximum absolute atomic E-state index is 8.68. The van der Waals surface area contributed by atoms with Gasteiger partial charge in [0.1, 0.15) is 11.5 Å². The van der Waals surface area contributed by atoms with Gasteiger partial charge in [-0.25, -0.2) is 0 Å². The maximum Gasteiger partial charge on any atom is 0.140 e. The summed E-state index contributed by atoms with van der Waals surface area (Å²) in [6.07, 6.45) is 1.43. The van der Waals surface area contributed by atoms with Crippen LogP contribution in [0.1, 0.15) is 58.2 Å². The molecule has 0 unspecified atom stereocenters. The third kappa shape index (κ3) is 3.69. The van der Waals surface area contributed by atoms with Crippen LogP contribution < -0.4 is 4.74 Å². The summed E-state index contributed by atoms with van der Waals surface area (Å²) in [5, 5.41) is 3.03. The Morgan fingerprint density at radius 3 is 2.45 bits per heavy atom. The monoisotopic (exact) mass is 413 g/mol. The van der Waals surface area contributed by atoms with Gasteiger partial charge in [-0.1, -0.05) is 71.8 Å². The Morgan fingerprint density at radius 1 is 0.935 bits per heavy atom. The van der Waals surface area contributed by atoms with Crippen molar-refractivity contribution in [3.8, 4) is 22.8 Å². The van der Waals surface area contributed by atoms with Crippen LogP contribution in [0, 0.1) is 10.8 Å². The fraction of sp³-hybridized carbons (Fsp3) is 0.345. The average molecular weight is 414 g/mol. The molecule has 0 N–H and O–H groups in total. The largest absolute Gasteiger partial charge is 0.456 e. The van der Waals surface area contributed by atoms with Crippen LogP contribution in [0.5, 0.6) is 11.5 Å². The second-order valence-corrected chi connectivity index (χ2v) is 11.1. The van der Waals surface area contributed by atoms with Gasteiger partial charge < -0.3 is 4.74 Å². The molecule has 2 nitrogen and oxygen atoms in total. The lowest BCUT2D eigenvalue weighted by atomic mass is 9.83. The van der Waals surface area contributed by atoms with E-state index in [2.05, 4.69) is 46.5 Å². The Bertz CT molecular complexity index is 1530. The zero-order chi connectivity index (χ0) is 25.4. The fourth-order valence-electron chi connectivity index (χ4n) is 4.58. The van der Waals surface area contributed by atoms with Gasteiger partial charge in [-0.3, -0.25) is 4.98 Å². The summed E-state index contributed by atoms with van der Waals surface area (Å²) in [5.41, 5.74) is 3.37. The van der Waals surface area contributed by atoms with Crippen LogP contribution in [-0.2, 0) is 12.8 Å². The SMILES string of the molecule is [2H]c1cc([2H])c2c(CC(C)(C)C)c3c(cc2c1)-c1nc([2H])c([2H])c2cc(CC(C)(C)C)cc(c12)O3. The molecule has 158 valence electrons. The van der Waals surface area contributed by atoms with Gasteiger partial charge >= 0.3 is 0 Å². The van der Waals surface area contributed by atoms with Crippen LogP contribution in [0.4, 0.5) is 0 Å². The van der Waals surface area contributed by atoms with Gasteiger partial charge in [-0.05, 0) is 63.6 Å². The highest BCUT2D eigenvalue weighted by molar-refractivity contribution is 6.06. The summed E-state index contributed by atoms with van der Waals surface area (Å²) in [4.78, 5) is 4.57. The first-order valence-electron chi connectivity index (χ1n) is 12.9. The van der Waals surface area contributed by atoms with E-state index in [1.807, 2.05) is 18.2 Å². The summed E-state index contributed by atoms with van der Waals surface area (Å²) in [6.45, 7) is 13.0. The predicted molar refractivity (Wildman–Crippen MR) is 131 cm³/mol. The lowest BCUT2D eigenvalue weighted by molar-refractivity contribution is 0.398. The van der Waals surface area contributed by atoms with E-state index < -0.39 is 0 Å². The molecule has 1 aromatic heterocycles. The van der Waals surface area contributed by atoms with Gasteiger partial charge in [0.25, 0.3) is 0 Å². The van der Waals surface area contributed by atoms with Gasteiger partial charge in [-0.2, -0.15) is 0 Å². The third-order valence-electron chi connectivity index (χ3n) is 5.61. The molecule has 0 saturated heterocycles. The molecule has 0 bridgehead atoms. The van der Waals surface area contributed by atoms with Crippen molar-refractivity contribution in [2.24, 2.45) is 10.8 Å². The van der Waals surface area contributed by atoms with Gasteiger partial charge in [0.2, 0.25) is 0 Å². The topological polar surface area (TPSA) is 22.1 Å². The standard InChI is InChI=1S/C29H31NO/c1-28(2,3)16-18-13-20-11-12-30-26-22-15-19-9-7-8-10-21(19)23(17-29(4,5)6)27(22)31-24(14-18)25(20)26/h7-15H,16-17H2,1-6H3/i7D,10D,11D,12D. The number of rotatable bonds is 2. The van der Waals surface area contributed by atoms with Gasteiger partial charge in [0.15, 0.2) is 0 Å². The first-order chi connectivity index (χ1) is 16.2. The summed E-state index contributed by atoms with van der Waals surface area (Å²) in [7, 11) is 0. The van der Waals surface area contributed by atoms with Crippen molar-refractivity contribution in [2.75, 3.05) is 0 Å². The second-order valence-electron chi connectivity index (χ2n) is 11.1. The van der Waals surface area contributed by atoms with E-state index >= 15 is 0 Å². The third-order valence-corrected chi connectivity index (χ3v) is 5.61. The normalized spacial score (nSPS) is 15.2. The van der Waals surface area contributed by atoms with Crippen LogP contribution >= 0.6 is 0 Å². The van der Waals surface area contributed by atoms with Crippen LogP contribution in [0.3, 0.4) is 0 Å². The van der Waals surface area contributed by atoms with Crippen LogP contribution in [0.2, 0.25) is 0 Å². The van der Waals surface area contributed by atoms with Crippen molar-refractivity contribution in [3.63, 3.8) is 0 Å². The smallest absolute Gasteiger partial charge is 0.140 e. The minimum Gasteiger partial charge on any atom is -0.456 e. The van der Waals surface area contributed by atoms with E-state index in [-0.39, 0.29) is 29.1 Å². The van der Waals surface area contributed by atoms with Crippen molar-refractivity contribution in [1.82, 2.24) is 4.98 Å². The predicted octanol–water partition coefficient (Wildman–Crippen LogP) is 8.34. The molecular formula is C29H31NO. The Hall–Kier alpha value is -2.87. The van der Waals surface area contributed by atoms with Crippen molar-refractivity contribution in [3.05, 3.63) is 65.8 Å². The molecule has 1 aliphatic heterocycles. The van der Waals surface area contributed by atoms with E-state index in [9.17, 15) is 0 Å². The molecule has 0 spiro atoms. The Labute approximate surface area is 190 Å². The number of nitrogens with zero attached hydrogens (tertiary/aromatic N) is 1. The number of fused-ring (bicyclic) bond motifs is 3. The summed E-state index contributed by atoms with van der Waals surface area (Å²) in [6, 6.07) is 10.0. The zero-order valence-electron chi connectivity index (χ0n) is 23.2. The fourth-order valence-corrected chi connectivity index (χ4v) is 4.58. The van der Waals surface area contributed by atoms with E-state index in [0.29, 0.717) is 35.0 Å². The number of aromatic nitrogens is 1. The molecule has 0 amide bonds. The second kappa shape index (κ2) is 6.82. The molecule has 0 atom stereocenters. The first kappa shape index (κ1) is 15.9. The highest BCUT2D eigenvalue weighted by Crippen LogP contribution is 2.50.